The van der Waals surface area contributed by atoms with E-state index in [0.717, 1.165) is 5.56 Å². The molecule has 0 spiro atoms. The Labute approximate surface area is 178 Å². The van der Waals surface area contributed by atoms with Gasteiger partial charge in [0.15, 0.2) is 5.82 Å². The summed E-state index contributed by atoms with van der Waals surface area (Å²) in [5, 5.41) is 7.23. The van der Waals surface area contributed by atoms with E-state index in [1.165, 1.54) is 23.3 Å². The van der Waals surface area contributed by atoms with Gasteiger partial charge in [-0.15, -0.1) is 5.10 Å². The van der Waals surface area contributed by atoms with E-state index in [2.05, 4.69) is 41.2 Å². The zero-order valence-electron chi connectivity index (χ0n) is 17.8. The number of aromatic amines is 1. The molecule has 0 aliphatic carbocycles. The number of para-hydroxylation sites is 1. The number of fused-ring (bicyclic) bond motifs is 1. The molecule has 0 saturated heterocycles. The fourth-order valence-corrected chi connectivity index (χ4v) is 3.24. The summed E-state index contributed by atoms with van der Waals surface area (Å²) in [4.78, 5) is 32.0. The number of H-pyrrole nitrogens is 1. The van der Waals surface area contributed by atoms with Crippen LogP contribution in [0.25, 0.3) is 17.2 Å². The first-order valence-electron chi connectivity index (χ1n) is 9.81. The molecule has 0 bridgehead atoms. The normalized spacial score (nSPS) is 11.5. The van der Waals surface area contributed by atoms with Crippen LogP contribution in [0.15, 0.2) is 59.4 Å². The van der Waals surface area contributed by atoms with Gasteiger partial charge in [-0.2, -0.15) is 9.50 Å². The largest absolute Gasteiger partial charge is 0.496 e. The number of carbonyl (C=O) groups is 1. The number of nitrogens with zero attached hydrogens (tertiary/aromatic N) is 3. The van der Waals surface area contributed by atoms with Gasteiger partial charge >= 0.3 is 0 Å². The highest BCUT2D eigenvalue weighted by Gasteiger charge is 2.17. The van der Waals surface area contributed by atoms with Gasteiger partial charge < -0.3 is 10.1 Å². The lowest BCUT2D eigenvalue weighted by molar-refractivity contribution is 0.102. The summed E-state index contributed by atoms with van der Waals surface area (Å²) in [6.07, 6.45) is 0. The van der Waals surface area contributed by atoms with Crippen molar-refractivity contribution in [3.05, 3.63) is 76.1 Å². The topological polar surface area (TPSA) is 101 Å². The predicted molar refractivity (Wildman–Crippen MR) is 119 cm³/mol. The lowest BCUT2D eigenvalue weighted by Crippen LogP contribution is -2.19. The van der Waals surface area contributed by atoms with Crippen molar-refractivity contribution in [3.8, 4) is 17.1 Å². The minimum atomic E-state index is -0.420. The van der Waals surface area contributed by atoms with Crippen molar-refractivity contribution in [1.82, 2.24) is 19.6 Å². The van der Waals surface area contributed by atoms with Crippen molar-refractivity contribution in [2.45, 2.75) is 26.2 Å². The molecule has 8 nitrogen and oxygen atoms in total. The third-order valence-electron chi connectivity index (χ3n) is 4.94. The van der Waals surface area contributed by atoms with Crippen LogP contribution in [0.4, 0.5) is 5.82 Å². The predicted octanol–water partition coefficient (Wildman–Crippen LogP) is 3.64. The highest BCUT2D eigenvalue weighted by Crippen LogP contribution is 2.25. The number of anilines is 1. The summed E-state index contributed by atoms with van der Waals surface area (Å²) in [5.41, 5.74) is 1.98. The minimum absolute atomic E-state index is 0.0338. The van der Waals surface area contributed by atoms with E-state index in [1.54, 1.807) is 24.3 Å². The standard InChI is InChI=1S/C23H23N5O3/c1-23(2,3)15-11-9-14(10-12-15)20-26-22-25-19(29)13-18(28(22)27-20)24-21(30)16-7-5-6-8-17(16)31-4/h5-13H,1-4H3,(H,24,30)(H,25,26,27,29). The molecule has 0 radical (unpaired) electrons. The number of carbonyl (C=O) groups excluding carboxylic acids is 1. The maximum absolute atomic E-state index is 12.8. The van der Waals surface area contributed by atoms with Crippen molar-refractivity contribution in [2.24, 2.45) is 0 Å². The van der Waals surface area contributed by atoms with Crippen LogP contribution in [0.3, 0.4) is 0 Å². The number of benzene rings is 2. The van der Waals surface area contributed by atoms with E-state index >= 15 is 0 Å². The molecule has 2 aromatic carbocycles. The Hall–Kier alpha value is -3.94. The van der Waals surface area contributed by atoms with Crippen LogP contribution in [0.5, 0.6) is 5.75 Å². The maximum Gasteiger partial charge on any atom is 0.260 e. The molecule has 0 atom stereocenters. The van der Waals surface area contributed by atoms with Crippen LogP contribution in [0, 0.1) is 0 Å². The average molecular weight is 417 g/mol. The van der Waals surface area contributed by atoms with Crippen LogP contribution in [0.1, 0.15) is 36.7 Å². The molecule has 0 aliphatic heterocycles. The van der Waals surface area contributed by atoms with E-state index in [4.69, 9.17) is 4.74 Å². The molecular weight excluding hydrogens is 394 g/mol. The number of hydrogen-bond acceptors (Lipinski definition) is 5. The molecule has 8 heteroatoms. The Morgan fingerprint density at radius 3 is 2.48 bits per heavy atom. The molecule has 0 unspecified atom stereocenters. The summed E-state index contributed by atoms with van der Waals surface area (Å²) < 4.78 is 6.65. The zero-order valence-corrected chi connectivity index (χ0v) is 17.8. The number of nitrogens with one attached hydrogen (secondary N) is 2. The monoisotopic (exact) mass is 417 g/mol. The molecule has 158 valence electrons. The molecular formula is C23H23N5O3. The fraction of sp³-hybridized carbons (Fsp3) is 0.217. The molecule has 2 heterocycles. The lowest BCUT2D eigenvalue weighted by Gasteiger charge is -2.18. The first-order chi connectivity index (χ1) is 14.8. The Kier molecular flexibility index (Phi) is 5.06. The van der Waals surface area contributed by atoms with Gasteiger partial charge in [-0.05, 0) is 23.1 Å². The van der Waals surface area contributed by atoms with Gasteiger partial charge in [-0.25, -0.2) is 0 Å². The van der Waals surface area contributed by atoms with Crippen molar-refractivity contribution in [3.63, 3.8) is 0 Å². The highest BCUT2D eigenvalue weighted by atomic mass is 16.5. The number of amides is 1. The Morgan fingerprint density at radius 1 is 1.10 bits per heavy atom. The Morgan fingerprint density at radius 2 is 1.81 bits per heavy atom. The number of ether oxygens (including phenoxy) is 1. The second kappa shape index (κ2) is 7.71. The molecule has 1 amide bonds. The van der Waals surface area contributed by atoms with Gasteiger partial charge in [0, 0.05) is 11.6 Å². The van der Waals surface area contributed by atoms with Crippen LogP contribution in [-0.4, -0.2) is 32.6 Å². The third kappa shape index (κ3) is 4.05. The Balaban J connectivity index is 1.72. The van der Waals surface area contributed by atoms with Gasteiger partial charge in [-0.1, -0.05) is 57.2 Å². The zero-order chi connectivity index (χ0) is 22.2. The second-order valence-electron chi connectivity index (χ2n) is 8.17. The number of rotatable bonds is 4. The third-order valence-corrected chi connectivity index (χ3v) is 4.94. The van der Waals surface area contributed by atoms with Crippen LogP contribution < -0.4 is 15.6 Å². The minimum Gasteiger partial charge on any atom is -0.496 e. The van der Waals surface area contributed by atoms with Crippen molar-refractivity contribution < 1.29 is 9.53 Å². The van der Waals surface area contributed by atoms with Gasteiger partial charge in [-0.3, -0.25) is 14.6 Å². The molecule has 4 aromatic rings. The smallest absolute Gasteiger partial charge is 0.260 e. The average Bonchev–Trinajstić information content (AvgIpc) is 3.17. The van der Waals surface area contributed by atoms with Gasteiger partial charge in [0.25, 0.3) is 11.5 Å². The lowest BCUT2D eigenvalue weighted by atomic mass is 9.87. The van der Waals surface area contributed by atoms with Crippen molar-refractivity contribution in [2.75, 3.05) is 12.4 Å². The molecule has 0 fully saturated rings. The van der Waals surface area contributed by atoms with Gasteiger partial charge in [0.05, 0.1) is 12.7 Å². The molecule has 2 aromatic heterocycles. The summed E-state index contributed by atoms with van der Waals surface area (Å²) in [7, 11) is 1.49. The van der Waals surface area contributed by atoms with E-state index < -0.39 is 11.5 Å². The Bertz CT molecular complexity index is 1310. The van der Waals surface area contributed by atoms with Crippen molar-refractivity contribution in [1.29, 1.82) is 0 Å². The number of methoxy groups -OCH3 is 1. The van der Waals surface area contributed by atoms with E-state index in [-0.39, 0.29) is 17.0 Å². The highest BCUT2D eigenvalue weighted by molar-refractivity contribution is 6.05. The molecule has 0 aliphatic rings. The van der Waals surface area contributed by atoms with Crippen LogP contribution in [-0.2, 0) is 5.41 Å². The van der Waals surface area contributed by atoms with E-state index in [1.807, 2.05) is 24.3 Å². The SMILES string of the molecule is COc1ccccc1C(=O)Nc1cc(=O)[nH]c2nc(-c3ccc(C(C)(C)C)cc3)nn12. The van der Waals surface area contributed by atoms with Gasteiger partial charge in [0.2, 0.25) is 5.78 Å². The van der Waals surface area contributed by atoms with Crippen LogP contribution >= 0.6 is 0 Å². The number of hydrogen-bond donors (Lipinski definition) is 2. The van der Waals surface area contributed by atoms with E-state index in [9.17, 15) is 9.59 Å². The molecule has 4 rings (SSSR count). The van der Waals surface area contributed by atoms with Gasteiger partial charge in [0.1, 0.15) is 11.6 Å². The maximum atomic E-state index is 12.8. The molecule has 0 saturated carbocycles. The quantitative estimate of drug-likeness (QED) is 0.528. The first kappa shape index (κ1) is 20.3. The number of aromatic nitrogens is 4. The summed E-state index contributed by atoms with van der Waals surface area (Å²) >= 11 is 0. The summed E-state index contributed by atoms with van der Waals surface area (Å²) in [6.45, 7) is 6.44. The summed E-state index contributed by atoms with van der Waals surface area (Å²) in [6, 6.07) is 16.1. The summed E-state index contributed by atoms with van der Waals surface area (Å²) in [5.74, 6) is 0.891. The van der Waals surface area contributed by atoms with Crippen molar-refractivity contribution >= 4 is 17.5 Å². The molecule has 2 N–H and O–H groups in total. The molecule has 31 heavy (non-hydrogen) atoms. The first-order valence-corrected chi connectivity index (χ1v) is 9.81. The van der Waals surface area contributed by atoms with E-state index in [0.29, 0.717) is 17.1 Å². The second-order valence-corrected chi connectivity index (χ2v) is 8.17. The fourth-order valence-electron chi connectivity index (χ4n) is 3.24. The van der Waals surface area contributed by atoms with Crippen LogP contribution in [0.2, 0.25) is 0 Å².